The molecule has 0 fully saturated rings. The van der Waals surface area contributed by atoms with Gasteiger partial charge in [0.2, 0.25) is 0 Å². The highest BCUT2D eigenvalue weighted by Gasteiger charge is 2.20. The zero-order chi connectivity index (χ0) is 18.0. The molecule has 2 aromatic rings. The van der Waals surface area contributed by atoms with E-state index in [9.17, 15) is 0 Å². The molecule has 0 spiro atoms. The fraction of sp³-hybridized carbons (Fsp3) is 0.478. The number of hydrogen-bond donors (Lipinski definition) is 0. The van der Waals surface area contributed by atoms with Gasteiger partial charge in [0.1, 0.15) is 5.75 Å². The van der Waals surface area contributed by atoms with Crippen LogP contribution in [0.4, 0.5) is 0 Å². The third-order valence-corrected chi connectivity index (χ3v) is 4.91. The standard InChI is InChI=1S/C23H32O/c1-14(2)18-12-20(15(3)4)23(21(13-18)16(5)6)19-10-9-11-22(24-8)17(19)7/h9-16H,1-8H3. The molecule has 130 valence electrons. The molecule has 0 heterocycles. The Morgan fingerprint density at radius 2 is 1.33 bits per heavy atom. The van der Waals surface area contributed by atoms with Gasteiger partial charge in [-0.3, -0.25) is 0 Å². The lowest BCUT2D eigenvalue weighted by Crippen LogP contribution is -2.04. The molecule has 0 aliphatic rings. The molecule has 1 heteroatoms. The number of rotatable bonds is 5. The number of ether oxygens (including phenoxy) is 1. The third kappa shape index (κ3) is 3.50. The van der Waals surface area contributed by atoms with E-state index in [-0.39, 0.29) is 0 Å². The van der Waals surface area contributed by atoms with Crippen molar-refractivity contribution in [3.8, 4) is 16.9 Å². The van der Waals surface area contributed by atoms with Gasteiger partial charge in [-0.25, -0.2) is 0 Å². The summed E-state index contributed by atoms with van der Waals surface area (Å²) in [7, 11) is 1.75. The molecule has 0 amide bonds. The van der Waals surface area contributed by atoms with Crippen molar-refractivity contribution in [3.63, 3.8) is 0 Å². The molecule has 0 saturated carbocycles. The van der Waals surface area contributed by atoms with E-state index in [1.54, 1.807) is 7.11 Å². The van der Waals surface area contributed by atoms with Crippen molar-refractivity contribution in [1.82, 2.24) is 0 Å². The van der Waals surface area contributed by atoms with Crippen molar-refractivity contribution < 1.29 is 4.74 Å². The second-order valence-electron chi connectivity index (χ2n) is 7.67. The predicted molar refractivity (Wildman–Crippen MR) is 105 cm³/mol. The molecule has 0 radical (unpaired) electrons. The lowest BCUT2D eigenvalue weighted by atomic mass is 9.80. The molecule has 0 bridgehead atoms. The van der Waals surface area contributed by atoms with E-state index in [2.05, 4.69) is 72.7 Å². The Morgan fingerprint density at radius 1 is 0.792 bits per heavy atom. The molecule has 0 atom stereocenters. The van der Waals surface area contributed by atoms with E-state index in [0.717, 1.165) is 5.75 Å². The normalized spacial score (nSPS) is 11.6. The first-order valence-corrected chi connectivity index (χ1v) is 9.09. The summed E-state index contributed by atoms with van der Waals surface area (Å²) in [5.41, 5.74) is 8.26. The maximum atomic E-state index is 5.57. The number of benzene rings is 2. The summed E-state index contributed by atoms with van der Waals surface area (Å²) in [4.78, 5) is 0. The summed E-state index contributed by atoms with van der Waals surface area (Å²) in [5.74, 6) is 2.48. The highest BCUT2D eigenvalue weighted by Crippen LogP contribution is 2.41. The van der Waals surface area contributed by atoms with Crippen LogP contribution >= 0.6 is 0 Å². The molecule has 0 unspecified atom stereocenters. The van der Waals surface area contributed by atoms with E-state index in [1.807, 2.05) is 6.07 Å². The first-order chi connectivity index (χ1) is 11.3. The van der Waals surface area contributed by atoms with Crippen LogP contribution in [0.3, 0.4) is 0 Å². The van der Waals surface area contributed by atoms with Crippen LogP contribution in [0.15, 0.2) is 30.3 Å². The zero-order valence-electron chi connectivity index (χ0n) is 16.5. The van der Waals surface area contributed by atoms with Crippen LogP contribution < -0.4 is 4.74 Å². The van der Waals surface area contributed by atoms with Gasteiger partial charge in [0.05, 0.1) is 7.11 Å². The van der Waals surface area contributed by atoms with Crippen LogP contribution in [-0.2, 0) is 0 Å². The highest BCUT2D eigenvalue weighted by molar-refractivity contribution is 5.77. The van der Waals surface area contributed by atoms with Gasteiger partial charge in [0.15, 0.2) is 0 Å². The van der Waals surface area contributed by atoms with Gasteiger partial charge in [-0.2, -0.15) is 0 Å². The van der Waals surface area contributed by atoms with Crippen LogP contribution in [0.2, 0.25) is 0 Å². The van der Waals surface area contributed by atoms with E-state index < -0.39 is 0 Å². The average Bonchev–Trinajstić information content (AvgIpc) is 2.53. The van der Waals surface area contributed by atoms with Crippen LogP contribution in [0, 0.1) is 6.92 Å². The molecule has 0 N–H and O–H groups in total. The third-order valence-electron chi connectivity index (χ3n) is 4.91. The molecule has 0 saturated heterocycles. The van der Waals surface area contributed by atoms with Crippen LogP contribution in [0.1, 0.15) is 81.5 Å². The van der Waals surface area contributed by atoms with Crippen LogP contribution in [0.25, 0.3) is 11.1 Å². The Labute approximate surface area is 148 Å². The summed E-state index contributed by atoms with van der Waals surface area (Å²) in [6.07, 6.45) is 0. The minimum Gasteiger partial charge on any atom is -0.496 e. The topological polar surface area (TPSA) is 9.23 Å². The number of methoxy groups -OCH3 is 1. The van der Waals surface area contributed by atoms with Crippen molar-refractivity contribution in [2.24, 2.45) is 0 Å². The van der Waals surface area contributed by atoms with Gasteiger partial charge in [-0.1, -0.05) is 65.8 Å². The second-order valence-corrected chi connectivity index (χ2v) is 7.67. The molecular formula is C23H32O. The predicted octanol–water partition coefficient (Wildman–Crippen LogP) is 7.04. The number of hydrogen-bond acceptors (Lipinski definition) is 1. The minimum absolute atomic E-state index is 0.488. The molecule has 0 aromatic heterocycles. The van der Waals surface area contributed by atoms with E-state index in [1.165, 1.54) is 33.4 Å². The Kier molecular flexibility index (Phi) is 5.74. The summed E-state index contributed by atoms with van der Waals surface area (Å²) in [5, 5.41) is 0. The fourth-order valence-electron chi connectivity index (χ4n) is 3.37. The zero-order valence-corrected chi connectivity index (χ0v) is 16.5. The molecule has 0 aliphatic carbocycles. The maximum absolute atomic E-state index is 5.57. The van der Waals surface area contributed by atoms with E-state index >= 15 is 0 Å². The fourth-order valence-corrected chi connectivity index (χ4v) is 3.37. The molecule has 24 heavy (non-hydrogen) atoms. The molecule has 2 aromatic carbocycles. The first kappa shape index (κ1) is 18.6. The monoisotopic (exact) mass is 324 g/mol. The minimum atomic E-state index is 0.488. The molecule has 2 rings (SSSR count). The van der Waals surface area contributed by atoms with E-state index in [4.69, 9.17) is 4.74 Å². The maximum Gasteiger partial charge on any atom is 0.122 e. The van der Waals surface area contributed by atoms with Gasteiger partial charge >= 0.3 is 0 Å². The van der Waals surface area contributed by atoms with Crippen LogP contribution in [-0.4, -0.2) is 7.11 Å². The average molecular weight is 325 g/mol. The lowest BCUT2D eigenvalue weighted by molar-refractivity contribution is 0.412. The van der Waals surface area contributed by atoms with Gasteiger partial charge in [-0.15, -0.1) is 0 Å². The van der Waals surface area contributed by atoms with Gasteiger partial charge in [-0.05, 0) is 64.1 Å². The van der Waals surface area contributed by atoms with Crippen molar-refractivity contribution in [3.05, 3.63) is 52.6 Å². The Morgan fingerprint density at radius 3 is 1.75 bits per heavy atom. The van der Waals surface area contributed by atoms with Crippen molar-refractivity contribution in [1.29, 1.82) is 0 Å². The Balaban J connectivity index is 2.86. The summed E-state index contributed by atoms with van der Waals surface area (Å²) >= 11 is 0. The summed E-state index contributed by atoms with van der Waals surface area (Å²) in [6, 6.07) is 11.2. The molecular weight excluding hydrogens is 292 g/mol. The SMILES string of the molecule is COc1cccc(-c2c(C(C)C)cc(C(C)C)cc2C(C)C)c1C. The quantitative estimate of drug-likeness (QED) is 0.573. The highest BCUT2D eigenvalue weighted by atomic mass is 16.5. The first-order valence-electron chi connectivity index (χ1n) is 9.09. The summed E-state index contributed by atoms with van der Waals surface area (Å²) in [6.45, 7) is 15.9. The van der Waals surface area contributed by atoms with Crippen LogP contribution in [0.5, 0.6) is 5.75 Å². The van der Waals surface area contributed by atoms with Gasteiger partial charge in [0, 0.05) is 0 Å². The largest absolute Gasteiger partial charge is 0.496 e. The Hall–Kier alpha value is -1.76. The molecule has 0 aliphatic heterocycles. The van der Waals surface area contributed by atoms with Gasteiger partial charge in [0.25, 0.3) is 0 Å². The summed E-state index contributed by atoms with van der Waals surface area (Å²) < 4.78 is 5.57. The Bertz CT molecular complexity index is 679. The van der Waals surface area contributed by atoms with Crippen molar-refractivity contribution in [2.75, 3.05) is 7.11 Å². The molecule has 1 nitrogen and oxygen atoms in total. The smallest absolute Gasteiger partial charge is 0.122 e. The second kappa shape index (κ2) is 7.42. The van der Waals surface area contributed by atoms with Crippen molar-refractivity contribution >= 4 is 0 Å². The lowest BCUT2D eigenvalue weighted by Gasteiger charge is -2.24. The van der Waals surface area contributed by atoms with E-state index in [0.29, 0.717) is 17.8 Å². The van der Waals surface area contributed by atoms with Crippen molar-refractivity contribution in [2.45, 2.75) is 66.2 Å². The van der Waals surface area contributed by atoms with Gasteiger partial charge < -0.3 is 4.74 Å².